The predicted molar refractivity (Wildman–Crippen MR) is 78.2 cm³/mol. The number of rotatable bonds is 5. The van der Waals surface area contributed by atoms with Crippen LogP contribution in [-0.4, -0.2) is 27.0 Å². The maximum absolute atomic E-state index is 11.7. The lowest BCUT2D eigenvalue weighted by atomic mass is 10.5. The quantitative estimate of drug-likeness (QED) is 0.722. The molecule has 0 fully saturated rings. The van der Waals surface area contributed by atoms with Gasteiger partial charge in [0.15, 0.2) is 0 Å². The van der Waals surface area contributed by atoms with E-state index in [1.807, 2.05) is 17.5 Å². The third-order valence-electron chi connectivity index (χ3n) is 2.36. The van der Waals surface area contributed by atoms with Crippen molar-refractivity contribution in [3.8, 4) is 10.8 Å². The summed E-state index contributed by atoms with van der Waals surface area (Å²) in [4.78, 5) is 12.6. The highest BCUT2D eigenvalue weighted by molar-refractivity contribution is 7.99. The number of nitrogens with one attached hydrogen (secondary N) is 1. The average molecular weight is 322 g/mol. The number of hydrogen-bond acceptors (Lipinski definition) is 8. The third kappa shape index (κ3) is 3.50. The number of hydrogen-bond donors (Lipinski definition) is 1. The van der Waals surface area contributed by atoms with Crippen LogP contribution in [0.2, 0.25) is 0 Å². The molecule has 3 heterocycles. The van der Waals surface area contributed by atoms with Crippen LogP contribution in [0, 0.1) is 6.92 Å². The van der Waals surface area contributed by atoms with E-state index in [2.05, 4.69) is 20.7 Å². The third-order valence-corrected chi connectivity index (χ3v) is 4.03. The maximum atomic E-state index is 11.7. The maximum Gasteiger partial charge on any atom is 0.277 e. The van der Waals surface area contributed by atoms with Crippen molar-refractivity contribution in [2.24, 2.45) is 0 Å². The van der Waals surface area contributed by atoms with Gasteiger partial charge in [0.05, 0.1) is 16.3 Å². The molecule has 9 heteroatoms. The molecule has 3 aromatic rings. The number of carbonyl (C=O) groups excluding carboxylic acids is 1. The highest BCUT2D eigenvalue weighted by atomic mass is 32.2. The Morgan fingerprint density at radius 2 is 2.38 bits per heavy atom. The van der Waals surface area contributed by atoms with E-state index in [1.54, 1.807) is 13.0 Å². The summed E-state index contributed by atoms with van der Waals surface area (Å²) in [6, 6.07) is 5.44. The van der Waals surface area contributed by atoms with Gasteiger partial charge in [0.1, 0.15) is 0 Å². The van der Waals surface area contributed by atoms with E-state index in [9.17, 15) is 4.79 Å². The van der Waals surface area contributed by atoms with Gasteiger partial charge >= 0.3 is 0 Å². The Morgan fingerprint density at radius 1 is 1.48 bits per heavy atom. The molecule has 0 aliphatic rings. The van der Waals surface area contributed by atoms with Crippen molar-refractivity contribution >= 4 is 34.9 Å². The summed E-state index contributed by atoms with van der Waals surface area (Å²) in [6.45, 7) is 1.78. The molecular formula is C12H10N4O3S2. The molecule has 0 aliphatic carbocycles. The summed E-state index contributed by atoms with van der Waals surface area (Å²) >= 11 is 2.68. The van der Waals surface area contributed by atoms with E-state index in [1.165, 1.54) is 11.3 Å². The fourth-order valence-corrected chi connectivity index (χ4v) is 2.70. The van der Waals surface area contributed by atoms with Gasteiger partial charge in [-0.05, 0) is 18.4 Å². The summed E-state index contributed by atoms with van der Waals surface area (Å²) in [7, 11) is 0. The molecule has 3 rings (SSSR count). The molecule has 21 heavy (non-hydrogen) atoms. The van der Waals surface area contributed by atoms with Gasteiger partial charge in [-0.15, -0.1) is 21.5 Å². The lowest BCUT2D eigenvalue weighted by Crippen LogP contribution is -2.13. The van der Waals surface area contributed by atoms with Crippen LogP contribution in [0.5, 0.6) is 0 Å². The van der Waals surface area contributed by atoms with Crippen LogP contribution in [0.1, 0.15) is 5.69 Å². The molecule has 0 saturated carbocycles. The fourth-order valence-electron chi connectivity index (χ4n) is 1.49. The van der Waals surface area contributed by atoms with Crippen molar-refractivity contribution in [3.63, 3.8) is 0 Å². The molecule has 0 aliphatic heterocycles. The molecule has 0 radical (unpaired) electrons. The van der Waals surface area contributed by atoms with Crippen molar-refractivity contribution in [1.29, 1.82) is 0 Å². The van der Waals surface area contributed by atoms with E-state index in [0.717, 1.165) is 16.6 Å². The zero-order chi connectivity index (χ0) is 14.7. The van der Waals surface area contributed by atoms with E-state index in [4.69, 9.17) is 8.94 Å². The first-order valence-electron chi connectivity index (χ1n) is 5.94. The monoisotopic (exact) mass is 322 g/mol. The second-order valence-corrected chi connectivity index (χ2v) is 5.89. The SMILES string of the molecule is Cc1cc(NC(=O)CSc2nnc(-c3cccs3)o2)on1. The van der Waals surface area contributed by atoms with Crippen molar-refractivity contribution in [2.75, 3.05) is 11.1 Å². The van der Waals surface area contributed by atoms with Crippen LogP contribution >= 0.6 is 23.1 Å². The summed E-state index contributed by atoms with van der Waals surface area (Å²) in [5.74, 6) is 0.694. The summed E-state index contributed by atoms with van der Waals surface area (Å²) in [6.07, 6.45) is 0. The van der Waals surface area contributed by atoms with E-state index < -0.39 is 0 Å². The molecule has 1 amide bonds. The fraction of sp³-hybridized carbons (Fsp3) is 0.167. The Labute approximate surface area is 127 Å². The Kier molecular flexibility index (Phi) is 4.02. The van der Waals surface area contributed by atoms with Crippen LogP contribution in [0.15, 0.2) is 37.7 Å². The van der Waals surface area contributed by atoms with Crippen molar-refractivity contribution in [1.82, 2.24) is 15.4 Å². The van der Waals surface area contributed by atoms with Crippen LogP contribution in [-0.2, 0) is 4.79 Å². The average Bonchev–Trinajstić information content (AvgIpc) is 3.17. The Bertz CT molecular complexity index is 735. The Balaban J connectivity index is 1.54. The predicted octanol–water partition coefficient (Wildman–Crippen LogP) is 2.83. The molecule has 0 spiro atoms. The van der Waals surface area contributed by atoms with Crippen molar-refractivity contribution in [2.45, 2.75) is 12.1 Å². The van der Waals surface area contributed by atoms with Crippen LogP contribution in [0.3, 0.4) is 0 Å². The second kappa shape index (κ2) is 6.10. The molecular weight excluding hydrogens is 312 g/mol. The van der Waals surface area contributed by atoms with Gasteiger partial charge in [-0.2, -0.15) is 0 Å². The molecule has 0 bridgehead atoms. The lowest BCUT2D eigenvalue weighted by molar-refractivity contribution is -0.113. The zero-order valence-corrected chi connectivity index (χ0v) is 12.5. The lowest BCUT2D eigenvalue weighted by Gasteiger charge is -1.97. The number of carbonyl (C=O) groups is 1. The number of amides is 1. The van der Waals surface area contributed by atoms with E-state index in [0.29, 0.717) is 22.7 Å². The largest absolute Gasteiger partial charge is 0.410 e. The number of thiophene rings is 1. The molecule has 108 valence electrons. The highest BCUT2D eigenvalue weighted by Crippen LogP contribution is 2.26. The standard InChI is InChI=1S/C12H10N4O3S2/c1-7-5-10(19-16-7)13-9(17)6-21-12-15-14-11(18-12)8-3-2-4-20-8/h2-5H,6H2,1H3,(H,13,17). The van der Waals surface area contributed by atoms with Gasteiger partial charge in [0.2, 0.25) is 11.8 Å². The highest BCUT2D eigenvalue weighted by Gasteiger charge is 2.12. The number of aryl methyl sites for hydroxylation is 1. The topological polar surface area (TPSA) is 94.1 Å². The first-order chi connectivity index (χ1) is 10.2. The Hall–Kier alpha value is -2.13. The van der Waals surface area contributed by atoms with Crippen LogP contribution in [0.25, 0.3) is 10.8 Å². The molecule has 0 aromatic carbocycles. The first kappa shape index (κ1) is 13.8. The minimum absolute atomic E-state index is 0.145. The van der Waals surface area contributed by atoms with Crippen molar-refractivity contribution in [3.05, 3.63) is 29.3 Å². The summed E-state index contributed by atoms with van der Waals surface area (Å²) < 4.78 is 10.4. The molecule has 0 unspecified atom stereocenters. The van der Waals surface area contributed by atoms with Crippen LogP contribution < -0.4 is 5.32 Å². The summed E-state index contributed by atoms with van der Waals surface area (Å²) in [5, 5.41) is 16.4. The molecule has 0 atom stereocenters. The summed E-state index contributed by atoms with van der Waals surface area (Å²) in [5.41, 5.74) is 0.704. The van der Waals surface area contributed by atoms with E-state index >= 15 is 0 Å². The normalized spacial score (nSPS) is 10.7. The van der Waals surface area contributed by atoms with E-state index in [-0.39, 0.29) is 11.7 Å². The molecule has 7 nitrogen and oxygen atoms in total. The van der Waals surface area contributed by atoms with Gasteiger partial charge in [0.25, 0.3) is 11.1 Å². The van der Waals surface area contributed by atoms with Crippen molar-refractivity contribution < 1.29 is 13.7 Å². The molecule has 3 aromatic heterocycles. The van der Waals surface area contributed by atoms with Gasteiger partial charge in [-0.25, -0.2) is 0 Å². The first-order valence-corrected chi connectivity index (χ1v) is 7.80. The van der Waals surface area contributed by atoms with Crippen LogP contribution in [0.4, 0.5) is 5.88 Å². The number of anilines is 1. The van der Waals surface area contributed by atoms with Gasteiger partial charge in [-0.3, -0.25) is 10.1 Å². The van der Waals surface area contributed by atoms with Gasteiger partial charge < -0.3 is 8.94 Å². The van der Waals surface area contributed by atoms with Gasteiger partial charge in [-0.1, -0.05) is 23.0 Å². The second-order valence-electron chi connectivity index (χ2n) is 4.02. The smallest absolute Gasteiger partial charge is 0.277 e. The number of nitrogens with zero attached hydrogens (tertiary/aromatic N) is 3. The minimum Gasteiger partial charge on any atom is -0.410 e. The number of thioether (sulfide) groups is 1. The molecule has 1 N–H and O–H groups in total. The zero-order valence-electron chi connectivity index (χ0n) is 10.9. The molecule has 0 saturated heterocycles. The number of aromatic nitrogens is 3. The Morgan fingerprint density at radius 3 is 3.10 bits per heavy atom. The van der Waals surface area contributed by atoms with Gasteiger partial charge in [0, 0.05) is 6.07 Å². The minimum atomic E-state index is -0.230.